The predicted molar refractivity (Wildman–Crippen MR) is 68.6 cm³/mol. The first kappa shape index (κ1) is 12.2. The number of rotatable bonds is 2. The van der Waals surface area contributed by atoms with Crippen molar-refractivity contribution in [3.63, 3.8) is 0 Å². The van der Waals surface area contributed by atoms with Crippen LogP contribution in [0, 0.1) is 5.82 Å². The maximum Gasteiger partial charge on any atom is 0.135 e. The van der Waals surface area contributed by atoms with E-state index in [1.807, 2.05) is 0 Å². The van der Waals surface area contributed by atoms with E-state index in [1.165, 1.54) is 12.1 Å². The Bertz CT molecular complexity index is 597. The fourth-order valence-electron chi connectivity index (χ4n) is 2.10. The van der Waals surface area contributed by atoms with Gasteiger partial charge in [0, 0.05) is 12.4 Å². The third-order valence-corrected chi connectivity index (χ3v) is 3.24. The van der Waals surface area contributed by atoms with Gasteiger partial charge in [-0.1, -0.05) is 23.7 Å². The van der Waals surface area contributed by atoms with Crippen molar-refractivity contribution in [2.45, 2.75) is 12.0 Å². The number of azo groups is 1. The van der Waals surface area contributed by atoms with Crippen molar-refractivity contribution in [2.75, 3.05) is 6.54 Å². The summed E-state index contributed by atoms with van der Waals surface area (Å²) in [7, 11) is 0. The molecule has 0 N–H and O–H groups in total. The highest BCUT2D eigenvalue weighted by molar-refractivity contribution is 6.30. The normalized spacial score (nSPS) is 21.8. The number of hydrogen-bond donors (Lipinski definition) is 0. The van der Waals surface area contributed by atoms with Crippen molar-refractivity contribution in [1.29, 1.82) is 0 Å². The highest BCUT2D eigenvalue weighted by atomic mass is 35.5. The molecular formula is C13H10ClFN4. The monoisotopic (exact) mass is 276 g/mol. The molecule has 0 saturated carbocycles. The Morgan fingerprint density at radius 2 is 1.79 bits per heavy atom. The Morgan fingerprint density at radius 3 is 2.47 bits per heavy atom. The second-order valence-electron chi connectivity index (χ2n) is 4.30. The van der Waals surface area contributed by atoms with Gasteiger partial charge in [-0.05, 0) is 17.7 Å². The Hall–Kier alpha value is -1.88. The highest BCUT2D eigenvalue weighted by Crippen LogP contribution is 2.37. The van der Waals surface area contributed by atoms with E-state index in [1.54, 1.807) is 24.5 Å². The summed E-state index contributed by atoms with van der Waals surface area (Å²) in [6, 6.07) is 6.11. The lowest BCUT2D eigenvalue weighted by Gasteiger charge is -2.15. The van der Waals surface area contributed by atoms with Crippen molar-refractivity contribution >= 4 is 11.6 Å². The molecular weight excluding hydrogens is 267 g/mol. The van der Waals surface area contributed by atoms with Crippen LogP contribution in [0.25, 0.3) is 0 Å². The van der Waals surface area contributed by atoms with Crippen molar-refractivity contribution in [1.82, 2.24) is 9.97 Å². The second kappa shape index (κ2) is 5.01. The zero-order valence-electron chi connectivity index (χ0n) is 9.87. The summed E-state index contributed by atoms with van der Waals surface area (Å²) in [4.78, 5) is 8.43. The van der Waals surface area contributed by atoms with Crippen LogP contribution < -0.4 is 0 Å². The van der Waals surface area contributed by atoms with Crippen molar-refractivity contribution in [2.24, 2.45) is 10.2 Å². The maximum absolute atomic E-state index is 12.9. The molecule has 0 amide bonds. The predicted octanol–water partition coefficient (Wildman–Crippen LogP) is 3.56. The molecule has 19 heavy (non-hydrogen) atoms. The van der Waals surface area contributed by atoms with E-state index < -0.39 is 0 Å². The van der Waals surface area contributed by atoms with Gasteiger partial charge in [0.2, 0.25) is 0 Å². The fraction of sp³-hybridized carbons (Fsp3) is 0.231. The Kier molecular flexibility index (Phi) is 3.21. The van der Waals surface area contributed by atoms with Gasteiger partial charge in [-0.25, -0.2) is 14.4 Å². The third kappa shape index (κ3) is 2.46. The minimum atomic E-state index is -0.266. The molecule has 1 aliphatic heterocycles. The summed E-state index contributed by atoms with van der Waals surface area (Å²) in [6.45, 7) is 0.531. The summed E-state index contributed by atoms with van der Waals surface area (Å²) >= 11 is 5.78. The van der Waals surface area contributed by atoms with Gasteiger partial charge in [-0.15, -0.1) is 0 Å². The summed E-state index contributed by atoms with van der Waals surface area (Å²) < 4.78 is 12.9. The minimum Gasteiger partial charge on any atom is -0.239 e. The Balaban J connectivity index is 1.90. The smallest absolute Gasteiger partial charge is 0.135 e. The van der Waals surface area contributed by atoms with Crippen LogP contribution in [0.15, 0.2) is 46.9 Å². The van der Waals surface area contributed by atoms with Gasteiger partial charge >= 0.3 is 0 Å². The van der Waals surface area contributed by atoms with E-state index in [9.17, 15) is 4.39 Å². The summed E-state index contributed by atoms with van der Waals surface area (Å²) in [5, 5.41) is 8.76. The molecule has 96 valence electrons. The van der Waals surface area contributed by atoms with Crippen LogP contribution >= 0.6 is 11.6 Å². The van der Waals surface area contributed by atoms with Crippen LogP contribution in [-0.2, 0) is 0 Å². The standard InChI is InChI=1S/C13H10ClFN4/c14-9-5-16-13(17-6-9)11-7-18-19-12(11)8-1-3-10(15)4-2-8/h1-6,11-12H,7H2. The molecule has 0 radical (unpaired) electrons. The molecule has 3 rings (SSSR count). The maximum atomic E-state index is 12.9. The molecule has 0 bridgehead atoms. The van der Waals surface area contributed by atoms with Gasteiger partial charge in [-0.3, -0.25) is 0 Å². The van der Waals surface area contributed by atoms with E-state index in [-0.39, 0.29) is 17.8 Å². The van der Waals surface area contributed by atoms with Crippen molar-refractivity contribution in [3.05, 3.63) is 58.9 Å². The second-order valence-corrected chi connectivity index (χ2v) is 4.74. The number of halogens is 2. The zero-order chi connectivity index (χ0) is 13.2. The molecule has 0 spiro atoms. The molecule has 4 nitrogen and oxygen atoms in total. The summed E-state index contributed by atoms with van der Waals surface area (Å²) in [5.74, 6) is 0.365. The topological polar surface area (TPSA) is 50.5 Å². The molecule has 6 heteroatoms. The lowest BCUT2D eigenvalue weighted by Crippen LogP contribution is -2.11. The average Bonchev–Trinajstić information content (AvgIpc) is 2.90. The van der Waals surface area contributed by atoms with Crippen LogP contribution in [-0.4, -0.2) is 16.5 Å². The van der Waals surface area contributed by atoms with Crippen molar-refractivity contribution < 1.29 is 4.39 Å². The SMILES string of the molecule is Fc1ccc(C2N=NCC2c2ncc(Cl)cn2)cc1. The van der Waals surface area contributed by atoms with Crippen LogP contribution in [0.2, 0.25) is 5.02 Å². The number of nitrogens with zero attached hydrogens (tertiary/aromatic N) is 4. The van der Waals surface area contributed by atoms with Crippen LogP contribution in [0.4, 0.5) is 4.39 Å². The van der Waals surface area contributed by atoms with E-state index >= 15 is 0 Å². The van der Waals surface area contributed by atoms with Gasteiger partial charge in [0.1, 0.15) is 17.7 Å². The molecule has 2 atom stereocenters. The van der Waals surface area contributed by atoms with Gasteiger partial charge in [0.15, 0.2) is 0 Å². The molecule has 1 aromatic carbocycles. The molecule has 2 heterocycles. The first-order valence-corrected chi connectivity index (χ1v) is 6.21. The highest BCUT2D eigenvalue weighted by Gasteiger charge is 2.31. The fourth-order valence-corrected chi connectivity index (χ4v) is 2.20. The average molecular weight is 277 g/mol. The number of aromatic nitrogens is 2. The van der Waals surface area contributed by atoms with Crippen LogP contribution in [0.1, 0.15) is 23.3 Å². The molecule has 1 aliphatic rings. The first-order chi connectivity index (χ1) is 9.24. The Morgan fingerprint density at radius 1 is 1.11 bits per heavy atom. The molecule has 0 aliphatic carbocycles. The van der Waals surface area contributed by atoms with E-state index in [0.717, 1.165) is 5.56 Å². The molecule has 0 fully saturated rings. The van der Waals surface area contributed by atoms with E-state index in [0.29, 0.717) is 17.4 Å². The molecule has 2 unspecified atom stereocenters. The first-order valence-electron chi connectivity index (χ1n) is 5.83. The number of benzene rings is 1. The summed E-state index contributed by atoms with van der Waals surface area (Å²) in [6.07, 6.45) is 3.12. The van der Waals surface area contributed by atoms with Gasteiger partial charge in [-0.2, -0.15) is 10.2 Å². The number of hydrogen-bond acceptors (Lipinski definition) is 4. The van der Waals surface area contributed by atoms with Crippen molar-refractivity contribution in [3.8, 4) is 0 Å². The van der Waals surface area contributed by atoms with Gasteiger partial charge in [0.05, 0.1) is 17.5 Å². The molecule has 2 aromatic rings. The quantitative estimate of drug-likeness (QED) is 0.842. The largest absolute Gasteiger partial charge is 0.239 e. The lowest BCUT2D eigenvalue weighted by atomic mass is 9.94. The lowest BCUT2D eigenvalue weighted by molar-refractivity contribution is 0.593. The van der Waals surface area contributed by atoms with Gasteiger partial charge < -0.3 is 0 Å². The van der Waals surface area contributed by atoms with E-state index in [2.05, 4.69) is 20.2 Å². The summed E-state index contributed by atoms with van der Waals surface area (Å²) in [5.41, 5.74) is 0.909. The third-order valence-electron chi connectivity index (χ3n) is 3.05. The Labute approximate surface area is 114 Å². The minimum absolute atomic E-state index is 0.0253. The van der Waals surface area contributed by atoms with Crippen LogP contribution in [0.5, 0.6) is 0 Å². The van der Waals surface area contributed by atoms with Gasteiger partial charge in [0.25, 0.3) is 0 Å². The van der Waals surface area contributed by atoms with E-state index in [4.69, 9.17) is 11.6 Å². The molecule has 1 aromatic heterocycles. The molecule has 0 saturated heterocycles. The zero-order valence-corrected chi connectivity index (χ0v) is 10.6. The van der Waals surface area contributed by atoms with Crippen LogP contribution in [0.3, 0.4) is 0 Å².